The second-order valence-electron chi connectivity index (χ2n) is 11.6. The number of aromatic nitrogens is 3. The van der Waals surface area contributed by atoms with Gasteiger partial charge in [0, 0.05) is 22.1 Å². The van der Waals surface area contributed by atoms with Gasteiger partial charge in [-0.2, -0.15) is 0 Å². The number of fused-ring (bicyclic) bond motifs is 6. The molecule has 0 bridgehead atoms. The molecule has 0 saturated heterocycles. The zero-order chi connectivity index (χ0) is 30.5. The van der Waals surface area contributed by atoms with Crippen LogP contribution in [0, 0.1) is 0 Å². The van der Waals surface area contributed by atoms with Crippen molar-refractivity contribution in [3.05, 3.63) is 164 Å². The van der Waals surface area contributed by atoms with Gasteiger partial charge >= 0.3 is 0 Å². The Labute approximate surface area is 266 Å². The third kappa shape index (κ3) is 4.41. The predicted molar refractivity (Wildman–Crippen MR) is 192 cm³/mol. The van der Waals surface area contributed by atoms with Crippen LogP contribution < -0.4 is 0 Å². The first-order valence-corrected chi connectivity index (χ1v) is 15.5. The minimum absolute atomic E-state index is 0.656. The van der Waals surface area contributed by atoms with E-state index in [0.29, 0.717) is 17.5 Å². The van der Waals surface area contributed by atoms with Crippen LogP contribution in [0.5, 0.6) is 0 Å². The van der Waals surface area contributed by atoms with E-state index in [0.717, 1.165) is 27.5 Å². The third-order valence-corrected chi connectivity index (χ3v) is 8.87. The molecule has 8 aromatic carbocycles. The SMILES string of the molecule is c1ccc(-c2nc(-c3ccccc3)nc(-c3cccc4ccc5ccc6cccc(-c7ccc8ccccc8c7)c6c5c34)n2)cc1. The molecule has 0 spiro atoms. The summed E-state index contributed by atoms with van der Waals surface area (Å²) in [6, 6.07) is 57.6. The lowest BCUT2D eigenvalue weighted by molar-refractivity contribution is 1.08. The summed E-state index contributed by atoms with van der Waals surface area (Å²) in [5, 5.41) is 9.58. The second-order valence-corrected chi connectivity index (χ2v) is 11.6. The molecule has 9 rings (SSSR count). The molecule has 0 aliphatic carbocycles. The first-order valence-electron chi connectivity index (χ1n) is 15.5. The van der Waals surface area contributed by atoms with Crippen LogP contribution in [-0.2, 0) is 0 Å². The maximum Gasteiger partial charge on any atom is 0.164 e. The van der Waals surface area contributed by atoms with E-state index in [4.69, 9.17) is 15.0 Å². The normalized spacial score (nSPS) is 11.5. The van der Waals surface area contributed by atoms with Gasteiger partial charge in [-0.1, -0.05) is 158 Å². The van der Waals surface area contributed by atoms with E-state index < -0.39 is 0 Å². The van der Waals surface area contributed by atoms with E-state index in [9.17, 15) is 0 Å². The van der Waals surface area contributed by atoms with Gasteiger partial charge in [0.2, 0.25) is 0 Å². The van der Waals surface area contributed by atoms with Gasteiger partial charge < -0.3 is 0 Å². The van der Waals surface area contributed by atoms with Crippen LogP contribution in [-0.4, -0.2) is 15.0 Å². The lowest BCUT2D eigenvalue weighted by Gasteiger charge is -2.16. The van der Waals surface area contributed by atoms with E-state index in [2.05, 4.69) is 127 Å². The maximum absolute atomic E-state index is 5.13. The fraction of sp³-hybridized carbons (Fsp3) is 0. The fourth-order valence-electron chi connectivity index (χ4n) is 6.68. The molecule has 1 aromatic heterocycles. The fourth-order valence-corrected chi connectivity index (χ4v) is 6.68. The Morgan fingerprint density at radius 2 is 0.717 bits per heavy atom. The first kappa shape index (κ1) is 26.2. The van der Waals surface area contributed by atoms with Crippen LogP contribution in [0.4, 0.5) is 0 Å². The summed E-state index contributed by atoms with van der Waals surface area (Å²) in [6.45, 7) is 0. The van der Waals surface area contributed by atoms with Gasteiger partial charge in [0.05, 0.1) is 0 Å². The van der Waals surface area contributed by atoms with Crippen LogP contribution >= 0.6 is 0 Å². The average Bonchev–Trinajstić information content (AvgIpc) is 3.14. The Morgan fingerprint density at radius 1 is 0.261 bits per heavy atom. The molecule has 0 fully saturated rings. The summed E-state index contributed by atoms with van der Waals surface area (Å²) in [4.78, 5) is 15.2. The zero-order valence-corrected chi connectivity index (χ0v) is 24.9. The quantitative estimate of drug-likeness (QED) is 0.193. The van der Waals surface area contributed by atoms with Crippen molar-refractivity contribution in [1.82, 2.24) is 15.0 Å². The van der Waals surface area contributed by atoms with E-state index in [1.807, 2.05) is 36.4 Å². The lowest BCUT2D eigenvalue weighted by Crippen LogP contribution is -2.00. The van der Waals surface area contributed by atoms with Gasteiger partial charge in [-0.05, 0) is 54.9 Å². The average molecular weight is 586 g/mol. The Morgan fingerprint density at radius 3 is 1.35 bits per heavy atom. The third-order valence-electron chi connectivity index (χ3n) is 8.87. The van der Waals surface area contributed by atoms with Crippen LogP contribution in [0.3, 0.4) is 0 Å². The van der Waals surface area contributed by atoms with Crippen molar-refractivity contribution < 1.29 is 0 Å². The summed E-state index contributed by atoms with van der Waals surface area (Å²) < 4.78 is 0. The van der Waals surface area contributed by atoms with Gasteiger partial charge in [0.25, 0.3) is 0 Å². The number of benzene rings is 8. The molecule has 0 saturated carbocycles. The first-order chi connectivity index (χ1) is 22.8. The molecule has 214 valence electrons. The van der Waals surface area contributed by atoms with E-state index in [1.165, 1.54) is 43.4 Å². The molecular formula is C43H27N3. The van der Waals surface area contributed by atoms with Crippen molar-refractivity contribution in [1.29, 1.82) is 0 Å². The predicted octanol–water partition coefficient (Wildman–Crippen LogP) is 11.2. The van der Waals surface area contributed by atoms with Crippen molar-refractivity contribution in [2.75, 3.05) is 0 Å². The standard InChI is InChI=1S/C43H27N3/c1-3-12-32(13-4-1)41-44-42(33-14-5-2-6-15-33)46-43(45-41)37-20-10-18-30-23-25-31-24-22-29-17-9-19-36(38(29)40(31)39(30)37)35-26-21-28-11-7-8-16-34(28)27-35/h1-27H. The van der Waals surface area contributed by atoms with Crippen LogP contribution in [0.1, 0.15) is 0 Å². The van der Waals surface area contributed by atoms with Gasteiger partial charge in [0.1, 0.15) is 0 Å². The van der Waals surface area contributed by atoms with Gasteiger partial charge in [-0.25, -0.2) is 15.0 Å². The molecule has 0 unspecified atom stereocenters. The minimum Gasteiger partial charge on any atom is -0.208 e. The van der Waals surface area contributed by atoms with Crippen molar-refractivity contribution in [3.8, 4) is 45.3 Å². The largest absolute Gasteiger partial charge is 0.208 e. The van der Waals surface area contributed by atoms with E-state index >= 15 is 0 Å². The molecule has 0 aliphatic rings. The highest BCUT2D eigenvalue weighted by Crippen LogP contribution is 2.42. The Hall–Kier alpha value is -6.19. The smallest absolute Gasteiger partial charge is 0.164 e. The van der Waals surface area contributed by atoms with Crippen molar-refractivity contribution in [3.63, 3.8) is 0 Å². The Kier molecular flexibility index (Phi) is 6.14. The Bertz CT molecular complexity index is 2510. The molecule has 46 heavy (non-hydrogen) atoms. The highest BCUT2D eigenvalue weighted by Gasteiger charge is 2.18. The van der Waals surface area contributed by atoms with Gasteiger partial charge in [-0.3, -0.25) is 0 Å². The van der Waals surface area contributed by atoms with Crippen LogP contribution in [0.15, 0.2) is 164 Å². The van der Waals surface area contributed by atoms with Crippen LogP contribution in [0.25, 0.3) is 88.4 Å². The summed E-state index contributed by atoms with van der Waals surface area (Å²) >= 11 is 0. The Balaban J connectivity index is 1.38. The molecular weight excluding hydrogens is 558 g/mol. The molecule has 0 aliphatic heterocycles. The summed E-state index contributed by atoms with van der Waals surface area (Å²) in [5.74, 6) is 1.97. The number of rotatable bonds is 4. The zero-order valence-electron chi connectivity index (χ0n) is 24.9. The lowest BCUT2D eigenvalue weighted by atomic mass is 9.89. The van der Waals surface area contributed by atoms with Crippen molar-refractivity contribution in [2.24, 2.45) is 0 Å². The second kappa shape index (κ2) is 10.8. The number of nitrogens with zero attached hydrogens (tertiary/aromatic N) is 3. The maximum atomic E-state index is 5.13. The van der Waals surface area contributed by atoms with Crippen molar-refractivity contribution in [2.45, 2.75) is 0 Å². The number of hydrogen-bond acceptors (Lipinski definition) is 3. The molecule has 0 N–H and O–H groups in total. The van der Waals surface area contributed by atoms with Crippen molar-refractivity contribution >= 4 is 43.1 Å². The van der Waals surface area contributed by atoms with Gasteiger partial charge in [0.15, 0.2) is 17.5 Å². The summed E-state index contributed by atoms with van der Waals surface area (Å²) in [6.07, 6.45) is 0. The molecule has 9 aromatic rings. The highest BCUT2D eigenvalue weighted by atomic mass is 15.0. The number of hydrogen-bond donors (Lipinski definition) is 0. The topological polar surface area (TPSA) is 38.7 Å². The summed E-state index contributed by atoms with van der Waals surface area (Å²) in [5.41, 5.74) is 5.31. The van der Waals surface area contributed by atoms with E-state index in [1.54, 1.807) is 0 Å². The molecule has 1 heterocycles. The molecule has 0 amide bonds. The summed E-state index contributed by atoms with van der Waals surface area (Å²) in [7, 11) is 0. The highest BCUT2D eigenvalue weighted by molar-refractivity contribution is 6.26. The molecule has 3 nitrogen and oxygen atoms in total. The monoisotopic (exact) mass is 585 g/mol. The van der Waals surface area contributed by atoms with Crippen LogP contribution in [0.2, 0.25) is 0 Å². The molecule has 0 atom stereocenters. The molecule has 0 radical (unpaired) electrons. The van der Waals surface area contributed by atoms with E-state index in [-0.39, 0.29) is 0 Å². The molecule has 3 heteroatoms. The van der Waals surface area contributed by atoms with Gasteiger partial charge in [-0.15, -0.1) is 0 Å². The minimum atomic E-state index is 0.656.